The molecule has 0 spiro atoms. The molecule has 0 heterocycles. The Hall–Kier alpha value is -1.19. The van der Waals surface area contributed by atoms with E-state index in [0.29, 0.717) is 12.8 Å². The first-order chi connectivity index (χ1) is 8.94. The monoisotopic (exact) mass is 322 g/mol. The lowest BCUT2D eigenvalue weighted by molar-refractivity contribution is 0.0608. The minimum atomic E-state index is -0.887. The van der Waals surface area contributed by atoms with Crippen LogP contribution in [0.15, 0.2) is 53.0 Å². The minimum absolute atomic E-state index is 0.267. The lowest BCUT2D eigenvalue weighted by Crippen LogP contribution is -2.30. The zero-order valence-electron chi connectivity index (χ0n) is 10.7. The SMILES string of the molecule is CC(O)(Cc1ccc(Br)cc1)Cc1cccc(F)c1. The third-order valence-electron chi connectivity index (χ3n) is 2.97. The highest BCUT2D eigenvalue weighted by Gasteiger charge is 2.21. The van der Waals surface area contributed by atoms with Crippen LogP contribution in [0.4, 0.5) is 4.39 Å². The molecule has 100 valence electrons. The van der Waals surface area contributed by atoms with Gasteiger partial charge in [0.2, 0.25) is 0 Å². The first-order valence-electron chi connectivity index (χ1n) is 6.16. The molecule has 1 nitrogen and oxygen atoms in total. The molecule has 0 aliphatic heterocycles. The lowest BCUT2D eigenvalue weighted by atomic mass is 9.90. The van der Waals surface area contributed by atoms with E-state index in [-0.39, 0.29) is 5.82 Å². The molecule has 0 fully saturated rings. The van der Waals surface area contributed by atoms with Gasteiger partial charge in [-0.2, -0.15) is 0 Å². The van der Waals surface area contributed by atoms with Crippen LogP contribution in [-0.4, -0.2) is 10.7 Å². The van der Waals surface area contributed by atoms with Crippen molar-refractivity contribution in [2.75, 3.05) is 0 Å². The van der Waals surface area contributed by atoms with Crippen molar-refractivity contribution in [1.82, 2.24) is 0 Å². The van der Waals surface area contributed by atoms with Gasteiger partial charge >= 0.3 is 0 Å². The van der Waals surface area contributed by atoms with E-state index < -0.39 is 5.60 Å². The zero-order valence-corrected chi connectivity index (χ0v) is 12.3. The second-order valence-electron chi connectivity index (χ2n) is 5.11. The van der Waals surface area contributed by atoms with E-state index in [2.05, 4.69) is 15.9 Å². The van der Waals surface area contributed by atoms with Crippen molar-refractivity contribution in [3.63, 3.8) is 0 Å². The summed E-state index contributed by atoms with van der Waals surface area (Å²) >= 11 is 3.38. The second kappa shape index (κ2) is 5.85. The van der Waals surface area contributed by atoms with E-state index in [4.69, 9.17) is 0 Å². The third-order valence-corrected chi connectivity index (χ3v) is 3.50. The Kier molecular flexibility index (Phi) is 4.38. The van der Waals surface area contributed by atoms with E-state index in [9.17, 15) is 9.50 Å². The normalized spacial score (nSPS) is 14.1. The predicted octanol–water partition coefficient (Wildman–Crippen LogP) is 4.12. The molecule has 0 saturated carbocycles. The molecule has 1 N–H and O–H groups in total. The maximum Gasteiger partial charge on any atom is 0.123 e. The standard InChI is InChI=1S/C16H16BrFO/c1-16(19,10-12-5-7-14(17)8-6-12)11-13-3-2-4-15(18)9-13/h2-9,19H,10-11H2,1H3. The summed E-state index contributed by atoms with van der Waals surface area (Å²) < 4.78 is 14.1. The number of benzene rings is 2. The van der Waals surface area contributed by atoms with Crippen molar-refractivity contribution >= 4 is 15.9 Å². The van der Waals surface area contributed by atoms with Gasteiger partial charge in [0.15, 0.2) is 0 Å². The molecule has 0 radical (unpaired) electrons. The van der Waals surface area contributed by atoms with Gasteiger partial charge in [-0.25, -0.2) is 4.39 Å². The van der Waals surface area contributed by atoms with E-state index in [0.717, 1.165) is 15.6 Å². The maximum absolute atomic E-state index is 13.1. The van der Waals surface area contributed by atoms with Crippen LogP contribution in [0.2, 0.25) is 0 Å². The van der Waals surface area contributed by atoms with Gasteiger partial charge in [-0.05, 0) is 42.3 Å². The molecule has 1 atom stereocenters. The van der Waals surface area contributed by atoms with Gasteiger partial charge in [-0.3, -0.25) is 0 Å². The zero-order chi connectivity index (χ0) is 13.9. The summed E-state index contributed by atoms with van der Waals surface area (Å²) in [6.45, 7) is 1.78. The molecule has 0 saturated heterocycles. The molecular weight excluding hydrogens is 307 g/mol. The molecular formula is C16H16BrFO. The fourth-order valence-electron chi connectivity index (χ4n) is 2.19. The first-order valence-corrected chi connectivity index (χ1v) is 6.95. The highest BCUT2D eigenvalue weighted by Crippen LogP contribution is 2.20. The Bertz CT molecular complexity index is 549. The van der Waals surface area contributed by atoms with Crippen molar-refractivity contribution < 1.29 is 9.50 Å². The van der Waals surface area contributed by atoms with Crippen LogP contribution in [0.3, 0.4) is 0 Å². The lowest BCUT2D eigenvalue weighted by Gasteiger charge is -2.23. The molecule has 0 amide bonds. The maximum atomic E-state index is 13.1. The molecule has 19 heavy (non-hydrogen) atoms. The van der Waals surface area contributed by atoms with Gasteiger partial charge in [0.1, 0.15) is 5.82 Å². The quantitative estimate of drug-likeness (QED) is 0.897. The van der Waals surface area contributed by atoms with E-state index in [1.807, 2.05) is 30.3 Å². The first kappa shape index (κ1) is 14.2. The largest absolute Gasteiger partial charge is 0.389 e. The Morgan fingerprint density at radius 3 is 2.32 bits per heavy atom. The van der Waals surface area contributed by atoms with Gasteiger partial charge < -0.3 is 5.11 Å². The van der Waals surface area contributed by atoms with Crippen LogP contribution in [0.1, 0.15) is 18.1 Å². The van der Waals surface area contributed by atoms with Crippen molar-refractivity contribution in [2.45, 2.75) is 25.4 Å². The van der Waals surface area contributed by atoms with Crippen LogP contribution in [0, 0.1) is 5.82 Å². The molecule has 0 aliphatic carbocycles. The van der Waals surface area contributed by atoms with Gasteiger partial charge in [-0.15, -0.1) is 0 Å². The van der Waals surface area contributed by atoms with Gasteiger partial charge in [0.25, 0.3) is 0 Å². The second-order valence-corrected chi connectivity index (χ2v) is 6.02. The predicted molar refractivity (Wildman–Crippen MR) is 78.6 cm³/mol. The van der Waals surface area contributed by atoms with E-state index >= 15 is 0 Å². The molecule has 2 rings (SSSR count). The van der Waals surface area contributed by atoms with Gasteiger partial charge in [-0.1, -0.05) is 40.2 Å². The van der Waals surface area contributed by atoms with Crippen LogP contribution in [0.5, 0.6) is 0 Å². The number of aliphatic hydroxyl groups is 1. The molecule has 3 heteroatoms. The molecule has 1 unspecified atom stereocenters. The summed E-state index contributed by atoms with van der Waals surface area (Å²) in [7, 11) is 0. The Balaban J connectivity index is 2.07. The Morgan fingerprint density at radius 2 is 1.68 bits per heavy atom. The third kappa shape index (κ3) is 4.44. The molecule has 2 aromatic rings. The van der Waals surface area contributed by atoms with Crippen molar-refractivity contribution in [1.29, 1.82) is 0 Å². The number of rotatable bonds is 4. The summed E-state index contributed by atoms with van der Waals surface area (Å²) in [5.41, 5.74) is 0.980. The fraction of sp³-hybridized carbons (Fsp3) is 0.250. The fourth-order valence-corrected chi connectivity index (χ4v) is 2.46. The summed E-state index contributed by atoms with van der Waals surface area (Å²) in [5, 5.41) is 10.4. The highest BCUT2D eigenvalue weighted by atomic mass is 79.9. The molecule has 0 aromatic heterocycles. The van der Waals surface area contributed by atoms with Crippen molar-refractivity contribution in [3.8, 4) is 0 Å². The van der Waals surface area contributed by atoms with Crippen LogP contribution in [0.25, 0.3) is 0 Å². The smallest absolute Gasteiger partial charge is 0.123 e. The number of hydrogen-bond donors (Lipinski definition) is 1. The Labute approximate surface area is 121 Å². The Morgan fingerprint density at radius 1 is 1.05 bits per heavy atom. The van der Waals surface area contributed by atoms with Crippen molar-refractivity contribution in [2.24, 2.45) is 0 Å². The van der Waals surface area contributed by atoms with Gasteiger partial charge in [0.05, 0.1) is 5.60 Å². The van der Waals surface area contributed by atoms with Gasteiger partial charge in [0, 0.05) is 17.3 Å². The average molecular weight is 323 g/mol. The molecule has 0 aliphatic rings. The van der Waals surface area contributed by atoms with E-state index in [1.54, 1.807) is 13.0 Å². The summed E-state index contributed by atoms with van der Waals surface area (Å²) in [6, 6.07) is 14.2. The van der Waals surface area contributed by atoms with Crippen LogP contribution >= 0.6 is 15.9 Å². The van der Waals surface area contributed by atoms with Crippen LogP contribution in [-0.2, 0) is 12.8 Å². The topological polar surface area (TPSA) is 20.2 Å². The average Bonchev–Trinajstić information content (AvgIpc) is 2.31. The summed E-state index contributed by atoms with van der Waals surface area (Å²) in [4.78, 5) is 0. The van der Waals surface area contributed by atoms with Crippen molar-refractivity contribution in [3.05, 3.63) is 69.9 Å². The van der Waals surface area contributed by atoms with E-state index in [1.165, 1.54) is 12.1 Å². The molecule has 2 aromatic carbocycles. The van der Waals surface area contributed by atoms with Crippen LogP contribution < -0.4 is 0 Å². The summed E-state index contributed by atoms with van der Waals surface area (Å²) in [6.07, 6.45) is 0.970. The number of hydrogen-bond acceptors (Lipinski definition) is 1. The molecule has 0 bridgehead atoms. The minimum Gasteiger partial charge on any atom is -0.389 e. The highest BCUT2D eigenvalue weighted by molar-refractivity contribution is 9.10. The number of halogens is 2. The summed E-state index contributed by atoms with van der Waals surface area (Å²) in [5.74, 6) is -0.267.